The van der Waals surface area contributed by atoms with Crippen molar-refractivity contribution in [3.8, 4) is 0 Å². The van der Waals surface area contributed by atoms with E-state index in [2.05, 4.69) is 14.5 Å². The van der Waals surface area contributed by atoms with E-state index in [1.54, 1.807) is 12.4 Å². The van der Waals surface area contributed by atoms with Gasteiger partial charge in [0.1, 0.15) is 12.4 Å². The van der Waals surface area contributed by atoms with Crippen LogP contribution < -0.4 is 0 Å². The summed E-state index contributed by atoms with van der Waals surface area (Å²) in [5.41, 5.74) is 1.20. The SMILES string of the molecule is CCOCC(=O)N1CCCC(c2nccn2Cc2ccncc2)C1. The Balaban J connectivity index is 1.68. The minimum absolute atomic E-state index is 0.0776. The molecule has 0 aliphatic carbocycles. The Morgan fingerprint density at radius 1 is 1.33 bits per heavy atom. The van der Waals surface area contributed by atoms with Crippen LogP contribution in [0.2, 0.25) is 0 Å². The average Bonchev–Trinajstić information content (AvgIpc) is 3.09. The normalized spacial score (nSPS) is 17.9. The molecule has 3 heterocycles. The first kappa shape index (κ1) is 16.6. The molecule has 1 atom stereocenters. The third-order valence-electron chi connectivity index (χ3n) is 4.42. The standard InChI is InChI=1S/C18H24N4O2/c1-2-24-14-17(23)21-10-3-4-16(13-21)18-20-9-11-22(18)12-15-5-7-19-8-6-15/h5-9,11,16H,2-4,10,12-14H2,1H3. The van der Waals surface area contributed by atoms with Gasteiger partial charge in [0.15, 0.2) is 0 Å². The van der Waals surface area contributed by atoms with Crippen LogP contribution in [0.15, 0.2) is 36.9 Å². The van der Waals surface area contributed by atoms with E-state index in [1.807, 2.05) is 36.4 Å². The lowest BCUT2D eigenvalue weighted by atomic mass is 9.97. The minimum atomic E-state index is 0.0776. The van der Waals surface area contributed by atoms with Gasteiger partial charge in [-0.25, -0.2) is 4.98 Å². The molecule has 0 saturated carbocycles. The number of amides is 1. The predicted molar refractivity (Wildman–Crippen MR) is 90.6 cm³/mol. The summed E-state index contributed by atoms with van der Waals surface area (Å²) in [6.45, 7) is 4.96. The molecule has 24 heavy (non-hydrogen) atoms. The molecule has 3 rings (SSSR count). The molecule has 0 aromatic carbocycles. The molecule has 0 bridgehead atoms. The van der Waals surface area contributed by atoms with Crippen LogP contribution in [0.1, 0.15) is 37.1 Å². The first-order chi connectivity index (χ1) is 11.8. The van der Waals surface area contributed by atoms with Crippen LogP contribution >= 0.6 is 0 Å². The largest absolute Gasteiger partial charge is 0.372 e. The number of imidazole rings is 1. The lowest BCUT2D eigenvalue weighted by Crippen LogP contribution is -2.41. The highest BCUT2D eigenvalue weighted by atomic mass is 16.5. The topological polar surface area (TPSA) is 60.2 Å². The highest BCUT2D eigenvalue weighted by Crippen LogP contribution is 2.26. The molecule has 1 aliphatic heterocycles. The van der Waals surface area contributed by atoms with Crippen LogP contribution in [0.4, 0.5) is 0 Å². The van der Waals surface area contributed by atoms with Gasteiger partial charge in [-0.15, -0.1) is 0 Å². The van der Waals surface area contributed by atoms with Gasteiger partial charge in [0.25, 0.3) is 0 Å². The molecule has 6 heteroatoms. The third-order valence-corrected chi connectivity index (χ3v) is 4.42. The van der Waals surface area contributed by atoms with Crippen LogP contribution in [-0.4, -0.2) is 51.6 Å². The molecule has 1 fully saturated rings. The molecular formula is C18H24N4O2. The van der Waals surface area contributed by atoms with E-state index in [9.17, 15) is 4.79 Å². The Morgan fingerprint density at radius 2 is 2.17 bits per heavy atom. The number of carbonyl (C=O) groups is 1. The predicted octanol–water partition coefficient (Wildman–Crippen LogP) is 2.07. The molecule has 0 N–H and O–H groups in total. The van der Waals surface area contributed by atoms with E-state index >= 15 is 0 Å². The van der Waals surface area contributed by atoms with Gasteiger partial charge in [-0.05, 0) is 37.5 Å². The first-order valence-corrected chi connectivity index (χ1v) is 8.53. The van der Waals surface area contributed by atoms with Gasteiger partial charge >= 0.3 is 0 Å². The highest BCUT2D eigenvalue weighted by Gasteiger charge is 2.27. The molecule has 0 radical (unpaired) electrons. The number of pyridine rings is 1. The summed E-state index contributed by atoms with van der Waals surface area (Å²) < 4.78 is 7.44. The highest BCUT2D eigenvalue weighted by molar-refractivity contribution is 5.77. The Morgan fingerprint density at radius 3 is 2.96 bits per heavy atom. The third kappa shape index (κ3) is 4.00. The molecule has 1 saturated heterocycles. The van der Waals surface area contributed by atoms with Gasteiger partial charge in [0, 0.05) is 56.9 Å². The number of hydrogen-bond acceptors (Lipinski definition) is 4. The van der Waals surface area contributed by atoms with Crippen LogP contribution in [0.3, 0.4) is 0 Å². The molecule has 1 aliphatic rings. The molecule has 2 aromatic heterocycles. The van der Waals surface area contributed by atoms with Gasteiger partial charge in [0.2, 0.25) is 5.91 Å². The zero-order valence-corrected chi connectivity index (χ0v) is 14.1. The van der Waals surface area contributed by atoms with Gasteiger partial charge in [-0.2, -0.15) is 0 Å². The Kier molecular flexibility index (Phi) is 5.59. The van der Waals surface area contributed by atoms with E-state index in [0.717, 1.165) is 38.3 Å². The van der Waals surface area contributed by atoms with E-state index in [4.69, 9.17) is 4.74 Å². The van der Waals surface area contributed by atoms with Gasteiger partial charge in [-0.3, -0.25) is 9.78 Å². The van der Waals surface area contributed by atoms with Crippen molar-refractivity contribution in [2.75, 3.05) is 26.3 Å². The van der Waals surface area contributed by atoms with Crippen molar-refractivity contribution in [1.82, 2.24) is 19.4 Å². The van der Waals surface area contributed by atoms with E-state index < -0.39 is 0 Å². The number of ether oxygens (including phenoxy) is 1. The number of piperidine rings is 1. The zero-order chi connectivity index (χ0) is 16.8. The maximum Gasteiger partial charge on any atom is 0.248 e. The zero-order valence-electron chi connectivity index (χ0n) is 14.1. The summed E-state index contributed by atoms with van der Waals surface area (Å²) in [5, 5.41) is 0. The quantitative estimate of drug-likeness (QED) is 0.814. The van der Waals surface area contributed by atoms with Crippen LogP contribution in [-0.2, 0) is 16.1 Å². The fourth-order valence-electron chi connectivity index (χ4n) is 3.19. The lowest BCUT2D eigenvalue weighted by Gasteiger charge is -2.32. The molecule has 6 nitrogen and oxygen atoms in total. The van der Waals surface area contributed by atoms with Gasteiger partial charge < -0.3 is 14.2 Å². The van der Waals surface area contributed by atoms with Gasteiger partial charge in [0.05, 0.1) is 0 Å². The smallest absolute Gasteiger partial charge is 0.248 e. The average molecular weight is 328 g/mol. The van der Waals surface area contributed by atoms with Crippen molar-refractivity contribution < 1.29 is 9.53 Å². The molecule has 1 amide bonds. The van der Waals surface area contributed by atoms with E-state index in [1.165, 1.54) is 5.56 Å². The Bertz CT molecular complexity index is 656. The second-order valence-electron chi connectivity index (χ2n) is 6.08. The lowest BCUT2D eigenvalue weighted by molar-refractivity contribution is -0.137. The number of aromatic nitrogens is 3. The van der Waals surface area contributed by atoms with Crippen molar-refractivity contribution in [2.45, 2.75) is 32.2 Å². The van der Waals surface area contributed by atoms with E-state index in [-0.39, 0.29) is 18.4 Å². The van der Waals surface area contributed by atoms with Crippen molar-refractivity contribution in [1.29, 1.82) is 0 Å². The first-order valence-electron chi connectivity index (χ1n) is 8.53. The van der Waals surface area contributed by atoms with Gasteiger partial charge in [-0.1, -0.05) is 0 Å². The summed E-state index contributed by atoms with van der Waals surface area (Å²) >= 11 is 0. The van der Waals surface area contributed by atoms with Crippen LogP contribution in [0, 0.1) is 0 Å². The molecule has 1 unspecified atom stereocenters. The second kappa shape index (κ2) is 8.06. The maximum atomic E-state index is 12.2. The van der Waals surface area contributed by atoms with Crippen molar-refractivity contribution in [3.05, 3.63) is 48.3 Å². The minimum Gasteiger partial charge on any atom is -0.372 e. The number of likely N-dealkylation sites (tertiary alicyclic amines) is 1. The van der Waals surface area contributed by atoms with Crippen LogP contribution in [0.5, 0.6) is 0 Å². The number of hydrogen-bond donors (Lipinski definition) is 0. The monoisotopic (exact) mass is 328 g/mol. The fraction of sp³-hybridized carbons (Fsp3) is 0.500. The fourth-order valence-corrected chi connectivity index (χ4v) is 3.19. The van der Waals surface area contributed by atoms with Crippen molar-refractivity contribution >= 4 is 5.91 Å². The summed E-state index contributed by atoms with van der Waals surface area (Å²) in [6, 6.07) is 4.03. The Labute approximate surface area is 142 Å². The number of nitrogens with zero attached hydrogens (tertiary/aromatic N) is 4. The summed E-state index contributed by atoms with van der Waals surface area (Å²) in [6.07, 6.45) is 9.53. The van der Waals surface area contributed by atoms with E-state index in [0.29, 0.717) is 6.61 Å². The number of rotatable bonds is 6. The maximum absolute atomic E-state index is 12.2. The summed E-state index contributed by atoms with van der Waals surface area (Å²) in [4.78, 5) is 22.8. The molecule has 2 aromatic rings. The van der Waals surface area contributed by atoms with Crippen LogP contribution in [0.25, 0.3) is 0 Å². The second-order valence-corrected chi connectivity index (χ2v) is 6.08. The summed E-state index contributed by atoms with van der Waals surface area (Å²) in [7, 11) is 0. The summed E-state index contributed by atoms with van der Waals surface area (Å²) in [5.74, 6) is 1.41. The number of carbonyl (C=O) groups excluding carboxylic acids is 1. The van der Waals surface area contributed by atoms with Crippen molar-refractivity contribution in [2.24, 2.45) is 0 Å². The molecule has 0 spiro atoms. The van der Waals surface area contributed by atoms with Crippen molar-refractivity contribution in [3.63, 3.8) is 0 Å². The Hall–Kier alpha value is -2.21. The molecular weight excluding hydrogens is 304 g/mol. The molecule has 128 valence electrons.